The van der Waals surface area contributed by atoms with E-state index in [9.17, 15) is 5.11 Å². The third-order valence-corrected chi connectivity index (χ3v) is 2.88. The van der Waals surface area contributed by atoms with Crippen LogP contribution < -0.4 is 0 Å². The maximum atomic E-state index is 9.24. The lowest BCUT2D eigenvalue weighted by molar-refractivity contribution is 0.263. The lowest BCUT2D eigenvalue weighted by atomic mass is 10.3. The summed E-state index contributed by atoms with van der Waals surface area (Å²) < 4.78 is 3.06. The molecule has 80 valence electrons. The third-order valence-electron chi connectivity index (χ3n) is 2.38. The Morgan fingerprint density at radius 3 is 2.80 bits per heavy atom. The molecule has 2 aromatic rings. The van der Waals surface area contributed by atoms with Gasteiger partial charge in [-0.15, -0.1) is 0 Å². The summed E-state index contributed by atoms with van der Waals surface area (Å²) in [6, 6.07) is 6.28. The highest BCUT2D eigenvalue weighted by atomic mass is 79.9. The minimum Gasteiger partial charge on any atom is -0.388 e. The minimum atomic E-state index is -0.0233. The number of aliphatic hydroxyl groups is 1. The highest BCUT2D eigenvalue weighted by Crippen LogP contribution is 2.24. The van der Waals surface area contributed by atoms with Crippen molar-refractivity contribution in [3.05, 3.63) is 28.5 Å². The molecular formula is C11H13BrN2O. The van der Waals surface area contributed by atoms with Gasteiger partial charge in [0.15, 0.2) is 0 Å². The molecule has 4 heteroatoms. The van der Waals surface area contributed by atoms with Gasteiger partial charge in [-0.3, -0.25) is 0 Å². The fraction of sp³-hybridized carbons (Fsp3) is 0.364. The Bertz CT molecular complexity index is 491. The van der Waals surface area contributed by atoms with Gasteiger partial charge in [-0.2, -0.15) is 0 Å². The number of rotatable bonds is 2. The average molecular weight is 269 g/mol. The number of halogens is 1. The molecule has 1 aromatic carbocycles. The Kier molecular flexibility index (Phi) is 2.80. The van der Waals surface area contributed by atoms with E-state index in [1.54, 1.807) is 0 Å². The second-order valence-electron chi connectivity index (χ2n) is 3.78. The van der Waals surface area contributed by atoms with E-state index in [1.807, 2.05) is 18.2 Å². The third kappa shape index (κ3) is 1.79. The number of aliphatic hydroxyl groups excluding tert-OH is 1. The predicted molar refractivity (Wildman–Crippen MR) is 63.7 cm³/mol. The number of hydrogen-bond acceptors (Lipinski definition) is 2. The lowest BCUT2D eigenvalue weighted by Crippen LogP contribution is -2.05. The maximum Gasteiger partial charge on any atom is 0.135 e. The number of aromatic nitrogens is 2. The van der Waals surface area contributed by atoms with E-state index in [4.69, 9.17) is 0 Å². The summed E-state index contributed by atoms with van der Waals surface area (Å²) in [6.45, 7) is 4.15. The van der Waals surface area contributed by atoms with Gasteiger partial charge in [0.05, 0.1) is 11.0 Å². The molecule has 0 radical (unpaired) electrons. The van der Waals surface area contributed by atoms with Crippen LogP contribution in [-0.4, -0.2) is 14.7 Å². The summed E-state index contributed by atoms with van der Waals surface area (Å²) in [7, 11) is 0. The molecule has 0 fully saturated rings. The van der Waals surface area contributed by atoms with E-state index in [2.05, 4.69) is 39.3 Å². The predicted octanol–water partition coefficient (Wildman–Crippen LogP) is 2.87. The Morgan fingerprint density at radius 1 is 1.47 bits per heavy atom. The zero-order valence-corrected chi connectivity index (χ0v) is 10.3. The molecule has 0 saturated carbocycles. The molecule has 15 heavy (non-hydrogen) atoms. The van der Waals surface area contributed by atoms with E-state index < -0.39 is 0 Å². The molecule has 3 nitrogen and oxygen atoms in total. The first-order chi connectivity index (χ1) is 7.13. The summed E-state index contributed by atoms with van der Waals surface area (Å²) in [4.78, 5) is 4.40. The number of nitrogens with zero attached hydrogens (tertiary/aromatic N) is 2. The molecule has 0 unspecified atom stereocenters. The van der Waals surface area contributed by atoms with Crippen molar-refractivity contribution in [3.63, 3.8) is 0 Å². The summed E-state index contributed by atoms with van der Waals surface area (Å²) >= 11 is 3.41. The van der Waals surface area contributed by atoms with Crippen LogP contribution in [0.15, 0.2) is 22.7 Å². The average Bonchev–Trinajstić information content (AvgIpc) is 2.54. The number of imidazole rings is 1. The summed E-state index contributed by atoms with van der Waals surface area (Å²) in [5, 5.41) is 9.24. The van der Waals surface area contributed by atoms with Gasteiger partial charge in [-0.05, 0) is 32.0 Å². The molecule has 1 aromatic heterocycles. The van der Waals surface area contributed by atoms with Crippen LogP contribution in [0.2, 0.25) is 0 Å². The topological polar surface area (TPSA) is 38.0 Å². The smallest absolute Gasteiger partial charge is 0.135 e. The van der Waals surface area contributed by atoms with Crippen molar-refractivity contribution in [2.24, 2.45) is 0 Å². The number of fused-ring (bicyclic) bond motifs is 1. The molecule has 0 bridgehead atoms. The van der Waals surface area contributed by atoms with Gasteiger partial charge < -0.3 is 9.67 Å². The quantitative estimate of drug-likeness (QED) is 0.910. The van der Waals surface area contributed by atoms with Crippen molar-refractivity contribution in [1.29, 1.82) is 0 Å². The van der Waals surface area contributed by atoms with E-state index in [0.717, 1.165) is 21.3 Å². The maximum absolute atomic E-state index is 9.24. The van der Waals surface area contributed by atoms with Gasteiger partial charge in [-0.25, -0.2) is 4.98 Å². The minimum absolute atomic E-state index is 0.0233. The lowest BCUT2D eigenvalue weighted by Gasteiger charge is -2.11. The SMILES string of the molecule is CC(C)n1c(CO)nc2cc(Br)ccc21. The van der Waals surface area contributed by atoms with Crippen molar-refractivity contribution >= 4 is 27.0 Å². The van der Waals surface area contributed by atoms with Gasteiger partial charge in [0.2, 0.25) is 0 Å². The molecule has 0 aliphatic rings. The first-order valence-electron chi connectivity index (χ1n) is 4.90. The molecular weight excluding hydrogens is 256 g/mol. The molecule has 0 amide bonds. The molecule has 1 heterocycles. The van der Waals surface area contributed by atoms with E-state index in [-0.39, 0.29) is 6.61 Å². The van der Waals surface area contributed by atoms with E-state index in [1.165, 1.54) is 0 Å². The monoisotopic (exact) mass is 268 g/mol. The van der Waals surface area contributed by atoms with Crippen LogP contribution in [-0.2, 0) is 6.61 Å². The molecule has 0 spiro atoms. The molecule has 0 saturated heterocycles. The second-order valence-corrected chi connectivity index (χ2v) is 4.70. The number of benzene rings is 1. The van der Waals surface area contributed by atoms with Crippen LogP contribution in [0.3, 0.4) is 0 Å². The fourth-order valence-corrected chi connectivity index (χ4v) is 2.16. The Balaban J connectivity index is 2.74. The van der Waals surface area contributed by atoms with Crippen molar-refractivity contribution in [2.45, 2.75) is 26.5 Å². The van der Waals surface area contributed by atoms with E-state index >= 15 is 0 Å². The zero-order valence-electron chi connectivity index (χ0n) is 8.74. The zero-order chi connectivity index (χ0) is 11.0. The molecule has 0 atom stereocenters. The van der Waals surface area contributed by atoms with Gasteiger partial charge in [0.1, 0.15) is 12.4 Å². The Labute approximate surface area is 96.9 Å². The largest absolute Gasteiger partial charge is 0.388 e. The van der Waals surface area contributed by atoms with Crippen molar-refractivity contribution < 1.29 is 5.11 Å². The summed E-state index contributed by atoms with van der Waals surface area (Å²) in [5.41, 5.74) is 1.99. The normalized spacial score (nSPS) is 11.5. The Morgan fingerprint density at radius 2 is 2.20 bits per heavy atom. The summed E-state index contributed by atoms with van der Waals surface area (Å²) in [6.07, 6.45) is 0. The molecule has 0 aliphatic carbocycles. The van der Waals surface area contributed by atoms with Crippen LogP contribution in [0.25, 0.3) is 11.0 Å². The fourth-order valence-electron chi connectivity index (χ4n) is 1.81. The van der Waals surface area contributed by atoms with Gasteiger partial charge in [0, 0.05) is 10.5 Å². The van der Waals surface area contributed by atoms with Crippen molar-refractivity contribution in [3.8, 4) is 0 Å². The standard InChI is InChI=1S/C11H13BrN2O/c1-7(2)14-10-4-3-8(12)5-9(10)13-11(14)6-15/h3-5,7,15H,6H2,1-2H3. The highest BCUT2D eigenvalue weighted by Gasteiger charge is 2.12. The molecule has 2 rings (SSSR count). The van der Waals surface area contributed by atoms with Crippen molar-refractivity contribution in [2.75, 3.05) is 0 Å². The Hall–Kier alpha value is -0.870. The van der Waals surface area contributed by atoms with Crippen molar-refractivity contribution in [1.82, 2.24) is 9.55 Å². The van der Waals surface area contributed by atoms with Crippen LogP contribution in [0.5, 0.6) is 0 Å². The molecule has 0 aliphatic heterocycles. The van der Waals surface area contributed by atoms with Gasteiger partial charge in [-0.1, -0.05) is 15.9 Å². The van der Waals surface area contributed by atoms with Gasteiger partial charge in [0.25, 0.3) is 0 Å². The van der Waals surface area contributed by atoms with Crippen LogP contribution in [0.1, 0.15) is 25.7 Å². The second kappa shape index (κ2) is 3.94. The van der Waals surface area contributed by atoms with Gasteiger partial charge >= 0.3 is 0 Å². The number of hydrogen-bond donors (Lipinski definition) is 1. The summed E-state index contributed by atoms with van der Waals surface area (Å²) in [5.74, 6) is 0.720. The molecule has 1 N–H and O–H groups in total. The highest BCUT2D eigenvalue weighted by molar-refractivity contribution is 9.10. The first kappa shape index (κ1) is 10.6. The van der Waals surface area contributed by atoms with Crippen LogP contribution in [0.4, 0.5) is 0 Å². The van der Waals surface area contributed by atoms with Crippen LogP contribution >= 0.6 is 15.9 Å². The van der Waals surface area contributed by atoms with E-state index in [0.29, 0.717) is 6.04 Å². The van der Waals surface area contributed by atoms with Crippen LogP contribution in [0, 0.1) is 0 Å². The first-order valence-corrected chi connectivity index (χ1v) is 5.70.